The molecule has 1 aromatic heterocycles. The summed E-state index contributed by atoms with van der Waals surface area (Å²) in [5.74, 6) is 1.86. The van der Waals surface area contributed by atoms with Crippen molar-refractivity contribution in [2.24, 2.45) is 0 Å². The molecule has 0 aliphatic heterocycles. The molecule has 0 amide bonds. The molecule has 0 saturated carbocycles. The SMILES string of the molecule is CNCc1cnc(-c2ccc(OC)c(OC)c2OC)s1. The van der Waals surface area contributed by atoms with E-state index >= 15 is 0 Å². The van der Waals surface area contributed by atoms with Gasteiger partial charge in [0, 0.05) is 17.6 Å². The highest BCUT2D eigenvalue weighted by atomic mass is 32.1. The number of rotatable bonds is 6. The number of hydrogen-bond donors (Lipinski definition) is 1. The zero-order valence-electron chi connectivity index (χ0n) is 12.0. The molecule has 6 heteroatoms. The predicted octanol–water partition coefficient (Wildman–Crippen LogP) is 2.56. The van der Waals surface area contributed by atoms with Crippen LogP contribution < -0.4 is 19.5 Å². The monoisotopic (exact) mass is 294 g/mol. The Bertz CT molecular complexity index is 584. The Morgan fingerprint density at radius 3 is 2.45 bits per heavy atom. The Balaban J connectivity index is 2.49. The fraction of sp³-hybridized carbons (Fsp3) is 0.357. The van der Waals surface area contributed by atoms with Gasteiger partial charge in [-0.1, -0.05) is 0 Å². The molecule has 0 fully saturated rings. The number of aromatic nitrogens is 1. The first-order valence-corrected chi connectivity index (χ1v) is 6.95. The van der Waals surface area contributed by atoms with Gasteiger partial charge < -0.3 is 19.5 Å². The molecule has 108 valence electrons. The smallest absolute Gasteiger partial charge is 0.204 e. The average Bonchev–Trinajstić information content (AvgIpc) is 2.94. The number of benzene rings is 1. The minimum atomic E-state index is 0.581. The number of thiazole rings is 1. The second kappa shape index (κ2) is 6.58. The lowest BCUT2D eigenvalue weighted by Gasteiger charge is -2.14. The minimum Gasteiger partial charge on any atom is -0.493 e. The molecule has 5 nitrogen and oxygen atoms in total. The molecule has 0 saturated heterocycles. The van der Waals surface area contributed by atoms with E-state index in [0.717, 1.165) is 17.1 Å². The topological polar surface area (TPSA) is 52.6 Å². The molecule has 1 heterocycles. The molecular formula is C14H18N2O3S. The molecule has 0 bridgehead atoms. The fourth-order valence-corrected chi connectivity index (χ4v) is 2.90. The van der Waals surface area contributed by atoms with Gasteiger partial charge in [0.05, 0.1) is 26.9 Å². The molecule has 0 spiro atoms. The van der Waals surface area contributed by atoms with Crippen LogP contribution in [0.25, 0.3) is 10.6 Å². The lowest BCUT2D eigenvalue weighted by atomic mass is 10.2. The van der Waals surface area contributed by atoms with E-state index in [4.69, 9.17) is 14.2 Å². The first kappa shape index (κ1) is 14.6. The second-order valence-corrected chi connectivity index (χ2v) is 5.16. The quantitative estimate of drug-likeness (QED) is 0.887. The Morgan fingerprint density at radius 1 is 1.10 bits per heavy atom. The highest BCUT2D eigenvalue weighted by Crippen LogP contribution is 2.44. The van der Waals surface area contributed by atoms with Gasteiger partial charge in [-0.15, -0.1) is 11.3 Å². The van der Waals surface area contributed by atoms with Crippen molar-refractivity contribution in [1.29, 1.82) is 0 Å². The molecule has 20 heavy (non-hydrogen) atoms. The third-order valence-electron chi connectivity index (χ3n) is 2.84. The highest BCUT2D eigenvalue weighted by molar-refractivity contribution is 7.15. The summed E-state index contributed by atoms with van der Waals surface area (Å²) < 4.78 is 16.2. The average molecular weight is 294 g/mol. The van der Waals surface area contributed by atoms with Crippen LogP contribution in [-0.4, -0.2) is 33.4 Å². The number of hydrogen-bond acceptors (Lipinski definition) is 6. The minimum absolute atomic E-state index is 0.581. The van der Waals surface area contributed by atoms with Crippen molar-refractivity contribution >= 4 is 11.3 Å². The van der Waals surface area contributed by atoms with Crippen molar-refractivity contribution in [2.45, 2.75) is 6.54 Å². The van der Waals surface area contributed by atoms with Gasteiger partial charge in [0.2, 0.25) is 5.75 Å². The summed E-state index contributed by atoms with van der Waals surface area (Å²) in [4.78, 5) is 5.61. The van der Waals surface area contributed by atoms with Crippen molar-refractivity contribution in [1.82, 2.24) is 10.3 Å². The van der Waals surface area contributed by atoms with Gasteiger partial charge in [0.25, 0.3) is 0 Å². The number of nitrogens with zero attached hydrogens (tertiary/aromatic N) is 1. The molecule has 0 unspecified atom stereocenters. The van der Waals surface area contributed by atoms with E-state index in [1.807, 2.05) is 25.4 Å². The van der Waals surface area contributed by atoms with E-state index in [9.17, 15) is 0 Å². The van der Waals surface area contributed by atoms with Crippen LogP contribution in [0.2, 0.25) is 0 Å². The Kier molecular flexibility index (Phi) is 4.81. The van der Waals surface area contributed by atoms with E-state index in [0.29, 0.717) is 17.2 Å². The number of nitrogens with one attached hydrogen (secondary N) is 1. The standard InChI is InChI=1S/C14H18N2O3S/c1-15-7-9-8-16-14(20-9)10-5-6-11(17-2)13(19-4)12(10)18-3/h5-6,8,15H,7H2,1-4H3. The Morgan fingerprint density at radius 2 is 1.85 bits per heavy atom. The van der Waals surface area contributed by atoms with Gasteiger partial charge in [-0.05, 0) is 19.2 Å². The van der Waals surface area contributed by atoms with E-state index in [1.54, 1.807) is 32.7 Å². The first-order valence-electron chi connectivity index (χ1n) is 6.13. The van der Waals surface area contributed by atoms with Crippen LogP contribution in [-0.2, 0) is 6.54 Å². The van der Waals surface area contributed by atoms with E-state index in [1.165, 1.54) is 4.88 Å². The summed E-state index contributed by atoms with van der Waals surface area (Å²) in [7, 11) is 6.73. The summed E-state index contributed by atoms with van der Waals surface area (Å²) in [6.07, 6.45) is 1.87. The van der Waals surface area contributed by atoms with Gasteiger partial charge >= 0.3 is 0 Å². The van der Waals surface area contributed by atoms with E-state index < -0.39 is 0 Å². The summed E-state index contributed by atoms with van der Waals surface area (Å²) in [6, 6.07) is 3.79. The zero-order chi connectivity index (χ0) is 14.5. The molecule has 2 aromatic rings. The highest BCUT2D eigenvalue weighted by Gasteiger charge is 2.18. The van der Waals surface area contributed by atoms with Crippen LogP contribution in [0.4, 0.5) is 0 Å². The van der Waals surface area contributed by atoms with Gasteiger partial charge in [-0.25, -0.2) is 4.98 Å². The summed E-state index contributed by atoms with van der Waals surface area (Å²) in [5.41, 5.74) is 0.900. The third kappa shape index (κ3) is 2.71. The number of ether oxygens (including phenoxy) is 3. The van der Waals surface area contributed by atoms with Gasteiger partial charge in [0.15, 0.2) is 11.5 Å². The Labute approximate surface area is 122 Å². The van der Waals surface area contributed by atoms with E-state index in [2.05, 4.69) is 10.3 Å². The summed E-state index contributed by atoms with van der Waals surface area (Å²) in [5, 5.41) is 4.01. The number of methoxy groups -OCH3 is 3. The molecule has 0 atom stereocenters. The maximum Gasteiger partial charge on any atom is 0.204 e. The molecular weight excluding hydrogens is 276 g/mol. The van der Waals surface area contributed by atoms with Crippen molar-refractivity contribution in [2.75, 3.05) is 28.4 Å². The second-order valence-electron chi connectivity index (χ2n) is 4.04. The summed E-state index contributed by atoms with van der Waals surface area (Å²) in [6.45, 7) is 0.799. The molecule has 0 radical (unpaired) electrons. The fourth-order valence-electron chi connectivity index (χ4n) is 1.96. The maximum atomic E-state index is 5.48. The normalized spacial score (nSPS) is 10.4. The van der Waals surface area contributed by atoms with Crippen LogP contribution >= 0.6 is 11.3 Å². The lowest BCUT2D eigenvalue weighted by Crippen LogP contribution is -2.02. The van der Waals surface area contributed by atoms with E-state index in [-0.39, 0.29) is 0 Å². The molecule has 1 N–H and O–H groups in total. The Hall–Kier alpha value is -1.79. The summed E-state index contributed by atoms with van der Waals surface area (Å²) >= 11 is 1.62. The predicted molar refractivity (Wildman–Crippen MR) is 80.0 cm³/mol. The lowest BCUT2D eigenvalue weighted by molar-refractivity contribution is 0.325. The largest absolute Gasteiger partial charge is 0.493 e. The third-order valence-corrected chi connectivity index (χ3v) is 3.87. The van der Waals surface area contributed by atoms with Crippen LogP contribution in [0.1, 0.15) is 4.88 Å². The van der Waals surface area contributed by atoms with Crippen LogP contribution in [0.5, 0.6) is 17.2 Å². The van der Waals surface area contributed by atoms with Crippen LogP contribution in [0, 0.1) is 0 Å². The maximum absolute atomic E-state index is 5.48. The van der Waals surface area contributed by atoms with Crippen molar-refractivity contribution in [3.05, 3.63) is 23.2 Å². The van der Waals surface area contributed by atoms with Gasteiger partial charge in [-0.2, -0.15) is 0 Å². The molecule has 0 aliphatic carbocycles. The van der Waals surface area contributed by atoms with Gasteiger partial charge in [0.1, 0.15) is 5.01 Å². The van der Waals surface area contributed by atoms with Crippen LogP contribution in [0.3, 0.4) is 0 Å². The molecule has 0 aliphatic rings. The van der Waals surface area contributed by atoms with Crippen molar-refractivity contribution in [3.63, 3.8) is 0 Å². The van der Waals surface area contributed by atoms with Crippen molar-refractivity contribution < 1.29 is 14.2 Å². The van der Waals surface area contributed by atoms with Crippen molar-refractivity contribution in [3.8, 4) is 27.8 Å². The first-order chi connectivity index (χ1) is 9.74. The van der Waals surface area contributed by atoms with Gasteiger partial charge in [-0.3, -0.25) is 0 Å². The molecule has 2 rings (SSSR count). The van der Waals surface area contributed by atoms with Crippen LogP contribution in [0.15, 0.2) is 18.3 Å². The molecule has 1 aromatic carbocycles. The zero-order valence-corrected chi connectivity index (χ0v) is 12.8.